The molecule has 0 unspecified atom stereocenters. The molecule has 0 fully saturated rings. The number of carboxylic acids is 1. The number of carbonyl (C=O) groups is 4. The third-order valence-electron chi connectivity index (χ3n) is 6.88. The lowest BCUT2D eigenvalue weighted by atomic mass is 9.93. The zero-order valence-corrected chi connectivity index (χ0v) is 30.0. The van der Waals surface area contributed by atoms with Crippen molar-refractivity contribution in [3.05, 3.63) is 34.4 Å². The monoisotopic (exact) mass is 752 g/mol. The first-order valence-electron chi connectivity index (χ1n) is 15.6. The summed E-state index contributed by atoms with van der Waals surface area (Å²) in [7, 11) is -4.10. The highest BCUT2D eigenvalue weighted by Gasteiger charge is 2.41. The highest BCUT2D eigenvalue weighted by molar-refractivity contribution is 7.51. The van der Waals surface area contributed by atoms with Gasteiger partial charge in [-0.05, 0) is 71.0 Å². The van der Waals surface area contributed by atoms with Gasteiger partial charge in [-0.1, -0.05) is 5.92 Å². The number of hydrogen-bond acceptors (Lipinski definition) is 12. The fourth-order valence-electron chi connectivity index (χ4n) is 4.89. The number of benzene rings is 1. The Kier molecular flexibility index (Phi) is 14.0. The number of fused-ring (bicyclic) bond motifs is 1. The summed E-state index contributed by atoms with van der Waals surface area (Å²) in [4.78, 5) is 77.8. The molecule has 1 aromatic heterocycles. The Morgan fingerprint density at radius 2 is 1.69 bits per heavy atom. The van der Waals surface area contributed by atoms with E-state index < -0.39 is 44.0 Å². The molecule has 0 saturated carbocycles. The van der Waals surface area contributed by atoms with Crippen LogP contribution >= 0.6 is 19.2 Å². The van der Waals surface area contributed by atoms with Crippen molar-refractivity contribution in [2.45, 2.75) is 58.9 Å². The van der Waals surface area contributed by atoms with Crippen LogP contribution in [0.3, 0.4) is 0 Å². The molecule has 1 aliphatic carbocycles. The Labute approximate surface area is 298 Å². The van der Waals surface area contributed by atoms with Crippen molar-refractivity contribution in [3.63, 3.8) is 0 Å². The molecule has 6 N–H and O–H groups in total. The Hall–Kier alpha value is -4.66. The molecule has 3 amide bonds. The van der Waals surface area contributed by atoms with Crippen molar-refractivity contribution in [3.8, 4) is 18.1 Å². The van der Waals surface area contributed by atoms with Crippen molar-refractivity contribution < 1.29 is 47.8 Å². The van der Waals surface area contributed by atoms with Crippen LogP contribution in [0.1, 0.15) is 53.4 Å². The number of halogens is 2. The number of carboxylic acid groups (broad SMARTS) is 1. The fraction of sp³-hybridized carbons (Fsp3) is 0.452. The van der Waals surface area contributed by atoms with Crippen molar-refractivity contribution in [1.82, 2.24) is 20.3 Å². The van der Waals surface area contributed by atoms with E-state index >= 15 is 0 Å². The minimum atomic E-state index is -4.10. The summed E-state index contributed by atoms with van der Waals surface area (Å²) in [5.74, 6) is 0.236. The van der Waals surface area contributed by atoms with Crippen LogP contribution in [0.5, 0.6) is 5.75 Å². The molecule has 5 rings (SSSR count). The lowest BCUT2D eigenvalue weighted by molar-refractivity contribution is -0.136. The third kappa shape index (κ3) is 11.7. The molecule has 0 radical (unpaired) electrons. The van der Waals surface area contributed by atoms with Crippen molar-refractivity contribution in [2.24, 2.45) is 0 Å². The molecule has 0 saturated heterocycles. The lowest BCUT2D eigenvalue weighted by Gasteiger charge is -2.29. The number of anilines is 4. The van der Waals surface area contributed by atoms with E-state index in [0.717, 1.165) is 30.4 Å². The van der Waals surface area contributed by atoms with Crippen LogP contribution in [0, 0.1) is 18.2 Å². The van der Waals surface area contributed by atoms with Crippen LogP contribution in [0.2, 0.25) is 5.28 Å². The molecule has 3 aliphatic rings. The van der Waals surface area contributed by atoms with Gasteiger partial charge in [0.25, 0.3) is 17.7 Å². The summed E-state index contributed by atoms with van der Waals surface area (Å²) in [6.45, 7) is 8.09. The van der Waals surface area contributed by atoms with Gasteiger partial charge >= 0.3 is 13.6 Å². The number of terminal acetylenes is 1. The number of hydrogen-bond donors (Lipinski definition) is 6. The number of amides is 3. The number of aliphatic carboxylic acids is 1. The van der Waals surface area contributed by atoms with Crippen LogP contribution in [0.15, 0.2) is 23.3 Å². The maximum atomic E-state index is 14.7. The van der Waals surface area contributed by atoms with Gasteiger partial charge in [0.2, 0.25) is 17.2 Å². The van der Waals surface area contributed by atoms with Gasteiger partial charge < -0.3 is 30.3 Å². The standard InChI is InChI=1S/C19H15FN2O4.C9H16ClN5.C3H8NO5P/c1-2-7-21-15-9-14(13(20)8-16(15)26-10-17(21)23)22-18(24)11-5-3-4-6-12(11)19(22)25;1-5-11-7-12-6(10)13-8(14-7)15-9(2,3)4;5-3(6)1-4-2-10(7,8)9/h1,8-9H,3-7,10H2;5H2,1-4H3,(H2,11,12,13,14,15);4H,1-2H2,(H,5,6)(H2,7,8,9). The van der Waals surface area contributed by atoms with E-state index in [9.17, 15) is 28.1 Å². The molecule has 276 valence electrons. The average molecular weight is 753 g/mol. The van der Waals surface area contributed by atoms with Gasteiger partial charge in [-0.15, -0.1) is 6.42 Å². The SMILES string of the molecule is C#CCN1C(=O)COc2cc(F)c(N3C(=O)C4=C(CCCC4)C3=O)cc21.CCNc1nc(Cl)nc(NC(C)(C)C)n1.O=C(O)CNCP(=O)(O)O. The summed E-state index contributed by atoms with van der Waals surface area (Å²) in [5, 5.41) is 16.4. The van der Waals surface area contributed by atoms with Crippen LogP contribution in [-0.4, -0.2) is 91.6 Å². The molecule has 0 spiro atoms. The molecule has 2 aromatic rings. The first-order chi connectivity index (χ1) is 23.8. The molecular weight excluding hydrogens is 714 g/mol. The first-order valence-corrected chi connectivity index (χ1v) is 17.7. The summed E-state index contributed by atoms with van der Waals surface area (Å²) >= 11 is 5.77. The normalized spacial score (nSPS) is 15.4. The second kappa shape index (κ2) is 17.5. The van der Waals surface area contributed by atoms with Crippen molar-refractivity contribution >= 4 is 66.2 Å². The molecule has 0 atom stereocenters. The topological polar surface area (TPSA) is 237 Å². The van der Waals surface area contributed by atoms with Gasteiger partial charge in [0.15, 0.2) is 12.4 Å². The number of ether oxygens (including phenoxy) is 1. The zero-order valence-electron chi connectivity index (χ0n) is 28.3. The lowest BCUT2D eigenvalue weighted by Crippen LogP contribution is -2.39. The second-order valence-corrected chi connectivity index (χ2v) is 14.1. The second-order valence-electron chi connectivity index (χ2n) is 12.2. The van der Waals surface area contributed by atoms with E-state index in [0.29, 0.717) is 35.9 Å². The van der Waals surface area contributed by atoms with Crippen LogP contribution < -0.4 is 30.5 Å². The van der Waals surface area contributed by atoms with E-state index in [4.69, 9.17) is 37.7 Å². The molecule has 2 aliphatic heterocycles. The Balaban J connectivity index is 0.000000238. The van der Waals surface area contributed by atoms with E-state index in [1.165, 1.54) is 11.0 Å². The zero-order chi connectivity index (χ0) is 38.1. The molecule has 3 heterocycles. The number of carbonyl (C=O) groups excluding carboxylic acids is 3. The average Bonchev–Trinajstić information content (AvgIpc) is 3.26. The van der Waals surface area contributed by atoms with Gasteiger partial charge in [-0.3, -0.25) is 34.0 Å². The maximum Gasteiger partial charge on any atom is 0.339 e. The molecule has 51 heavy (non-hydrogen) atoms. The minimum absolute atomic E-state index is 0.0170. The maximum absolute atomic E-state index is 14.7. The van der Waals surface area contributed by atoms with Gasteiger partial charge in [0.05, 0.1) is 30.8 Å². The highest BCUT2D eigenvalue weighted by Crippen LogP contribution is 2.41. The quantitative estimate of drug-likeness (QED) is 0.123. The number of nitrogens with zero attached hydrogens (tertiary/aromatic N) is 5. The number of nitrogens with one attached hydrogen (secondary N) is 3. The minimum Gasteiger partial charge on any atom is -0.481 e. The smallest absolute Gasteiger partial charge is 0.339 e. The van der Waals surface area contributed by atoms with Gasteiger partial charge in [0.1, 0.15) is 5.75 Å². The first kappa shape index (κ1) is 40.8. The predicted octanol–water partition coefficient (Wildman–Crippen LogP) is 2.89. The summed E-state index contributed by atoms with van der Waals surface area (Å²) in [6, 6.07) is 2.37. The van der Waals surface area contributed by atoms with Crippen LogP contribution in [-0.2, 0) is 23.7 Å². The summed E-state index contributed by atoms with van der Waals surface area (Å²) in [6.07, 6.45) is 7.41. The Morgan fingerprint density at radius 1 is 1.08 bits per heavy atom. The summed E-state index contributed by atoms with van der Waals surface area (Å²) < 4.78 is 30.0. The van der Waals surface area contributed by atoms with Crippen LogP contribution in [0.25, 0.3) is 0 Å². The van der Waals surface area contributed by atoms with Gasteiger partial charge in [-0.2, -0.15) is 15.0 Å². The number of rotatable bonds is 9. The molecule has 20 heteroatoms. The van der Waals surface area contributed by atoms with Gasteiger partial charge in [0, 0.05) is 29.3 Å². The number of aromatic nitrogens is 3. The summed E-state index contributed by atoms with van der Waals surface area (Å²) in [5.41, 5.74) is 0.889. The third-order valence-corrected chi connectivity index (χ3v) is 7.68. The van der Waals surface area contributed by atoms with Gasteiger partial charge in [-0.25, -0.2) is 9.29 Å². The van der Waals surface area contributed by atoms with Crippen LogP contribution in [0.4, 0.5) is 27.7 Å². The predicted molar refractivity (Wildman–Crippen MR) is 186 cm³/mol. The Bertz CT molecular complexity index is 1760. The molecule has 17 nitrogen and oxygen atoms in total. The Morgan fingerprint density at radius 3 is 2.22 bits per heavy atom. The fourth-order valence-corrected chi connectivity index (χ4v) is 5.46. The molecular formula is C31H39ClFN8O9P. The highest BCUT2D eigenvalue weighted by atomic mass is 35.5. The largest absolute Gasteiger partial charge is 0.481 e. The van der Waals surface area contributed by atoms with E-state index in [-0.39, 0.29) is 47.0 Å². The van der Waals surface area contributed by atoms with Crippen molar-refractivity contribution in [1.29, 1.82) is 0 Å². The van der Waals surface area contributed by atoms with E-state index in [2.05, 4.69) is 36.8 Å². The molecule has 0 bridgehead atoms. The van der Waals surface area contributed by atoms with E-state index in [1.54, 1.807) is 0 Å². The van der Waals surface area contributed by atoms with E-state index in [1.807, 2.05) is 27.7 Å². The number of imide groups is 1. The van der Waals surface area contributed by atoms with Crippen molar-refractivity contribution in [2.75, 3.05) is 53.0 Å². The molecule has 1 aromatic carbocycles.